The zero-order chi connectivity index (χ0) is 18.7. The van der Waals surface area contributed by atoms with Crippen LogP contribution in [-0.2, 0) is 11.2 Å². The molecule has 0 bridgehead atoms. The molecule has 3 rings (SSSR count). The summed E-state index contributed by atoms with van der Waals surface area (Å²) in [5, 5.41) is 0. The maximum Gasteiger partial charge on any atom is 0.289 e. The summed E-state index contributed by atoms with van der Waals surface area (Å²) in [6.07, 6.45) is 1.92. The molecule has 0 saturated carbocycles. The highest BCUT2D eigenvalue weighted by Gasteiger charge is 2.26. The highest BCUT2D eigenvalue weighted by molar-refractivity contribution is 5.91. The number of furan rings is 1. The molecule has 2 heterocycles. The average molecular weight is 354 g/mol. The van der Waals surface area contributed by atoms with Crippen LogP contribution >= 0.6 is 0 Å². The minimum Gasteiger partial charge on any atom is -0.459 e. The van der Waals surface area contributed by atoms with Gasteiger partial charge in [0.25, 0.3) is 5.91 Å². The van der Waals surface area contributed by atoms with Gasteiger partial charge in [0.1, 0.15) is 0 Å². The minimum absolute atomic E-state index is 0.109. The van der Waals surface area contributed by atoms with Gasteiger partial charge in [-0.25, -0.2) is 0 Å². The highest BCUT2D eigenvalue weighted by Crippen LogP contribution is 2.20. The molecule has 2 amide bonds. The summed E-state index contributed by atoms with van der Waals surface area (Å²) in [6, 6.07) is 9.75. The van der Waals surface area contributed by atoms with Crippen molar-refractivity contribution in [3.63, 3.8) is 0 Å². The van der Waals surface area contributed by atoms with Crippen molar-refractivity contribution in [2.24, 2.45) is 0 Å². The van der Waals surface area contributed by atoms with E-state index in [-0.39, 0.29) is 11.8 Å². The number of amides is 2. The summed E-state index contributed by atoms with van der Waals surface area (Å²) in [7, 11) is 0. The van der Waals surface area contributed by atoms with E-state index in [1.165, 1.54) is 11.8 Å². The number of rotatable bonds is 4. The Labute approximate surface area is 154 Å². The topological polar surface area (TPSA) is 53.8 Å². The van der Waals surface area contributed by atoms with Crippen LogP contribution in [0.25, 0.3) is 0 Å². The van der Waals surface area contributed by atoms with Gasteiger partial charge < -0.3 is 14.2 Å². The Bertz CT molecular complexity index is 773. The zero-order valence-electron chi connectivity index (χ0n) is 15.7. The number of piperazine rings is 1. The molecule has 1 aliphatic heterocycles. The molecule has 0 spiro atoms. The molecule has 0 radical (unpaired) electrons. The Kier molecular flexibility index (Phi) is 5.45. The number of hydrogen-bond donors (Lipinski definition) is 0. The zero-order valence-corrected chi connectivity index (χ0v) is 15.7. The lowest BCUT2D eigenvalue weighted by atomic mass is 9.96. The van der Waals surface area contributed by atoms with E-state index in [0.717, 1.165) is 11.1 Å². The van der Waals surface area contributed by atoms with Crippen molar-refractivity contribution < 1.29 is 14.0 Å². The monoisotopic (exact) mass is 354 g/mol. The number of nitrogens with zero attached hydrogens (tertiary/aromatic N) is 2. The lowest BCUT2D eigenvalue weighted by Gasteiger charge is -2.34. The first-order valence-corrected chi connectivity index (χ1v) is 9.15. The molecule has 0 unspecified atom stereocenters. The maximum atomic E-state index is 12.7. The number of carbonyl (C=O) groups is 2. The number of carbonyl (C=O) groups excluding carboxylic acids is 2. The molecule has 0 aliphatic carbocycles. The van der Waals surface area contributed by atoms with E-state index in [4.69, 9.17) is 4.42 Å². The van der Waals surface area contributed by atoms with Crippen LogP contribution < -0.4 is 0 Å². The molecule has 2 aromatic rings. The molecule has 0 atom stereocenters. The van der Waals surface area contributed by atoms with Gasteiger partial charge in [-0.05, 0) is 41.7 Å². The second-order valence-electron chi connectivity index (χ2n) is 7.17. The van der Waals surface area contributed by atoms with E-state index in [1.54, 1.807) is 17.0 Å². The summed E-state index contributed by atoms with van der Waals surface area (Å²) >= 11 is 0. The third-order valence-corrected chi connectivity index (χ3v) is 5.03. The van der Waals surface area contributed by atoms with Gasteiger partial charge in [-0.3, -0.25) is 9.59 Å². The van der Waals surface area contributed by atoms with Crippen LogP contribution in [0.3, 0.4) is 0 Å². The Morgan fingerprint density at radius 3 is 2.38 bits per heavy atom. The molecule has 138 valence electrons. The molecule has 5 heteroatoms. The van der Waals surface area contributed by atoms with Crippen LogP contribution in [0.1, 0.15) is 47.0 Å². The molecule has 1 aromatic carbocycles. The van der Waals surface area contributed by atoms with Gasteiger partial charge in [0, 0.05) is 26.2 Å². The third-order valence-electron chi connectivity index (χ3n) is 5.03. The van der Waals surface area contributed by atoms with Crippen LogP contribution in [-0.4, -0.2) is 47.8 Å². The second-order valence-corrected chi connectivity index (χ2v) is 7.17. The van der Waals surface area contributed by atoms with E-state index in [1.807, 2.05) is 11.8 Å². The van der Waals surface area contributed by atoms with E-state index in [9.17, 15) is 9.59 Å². The molecule has 5 nitrogen and oxygen atoms in total. The number of benzene rings is 1. The van der Waals surface area contributed by atoms with Crippen molar-refractivity contribution in [3.05, 3.63) is 59.0 Å². The summed E-state index contributed by atoms with van der Waals surface area (Å²) in [5.41, 5.74) is 3.50. The second kappa shape index (κ2) is 7.77. The number of aryl methyl sites for hydroxylation is 1. The summed E-state index contributed by atoms with van der Waals surface area (Å²) < 4.78 is 5.17. The van der Waals surface area contributed by atoms with E-state index < -0.39 is 0 Å². The molecule has 1 aromatic heterocycles. The van der Waals surface area contributed by atoms with Crippen LogP contribution in [0.5, 0.6) is 0 Å². The van der Waals surface area contributed by atoms with Crippen LogP contribution in [0.2, 0.25) is 0 Å². The average Bonchev–Trinajstić information content (AvgIpc) is 3.17. The first-order chi connectivity index (χ1) is 12.5. The molecular formula is C21H26N2O3. The smallest absolute Gasteiger partial charge is 0.289 e. The predicted octanol–water partition coefficient (Wildman–Crippen LogP) is 3.24. The fourth-order valence-corrected chi connectivity index (χ4v) is 3.23. The fraction of sp³-hybridized carbons (Fsp3) is 0.429. The third kappa shape index (κ3) is 3.98. The van der Waals surface area contributed by atoms with Gasteiger partial charge in [-0.2, -0.15) is 0 Å². The molecule has 1 saturated heterocycles. The Balaban J connectivity index is 1.59. The van der Waals surface area contributed by atoms with E-state index in [0.29, 0.717) is 44.3 Å². The lowest BCUT2D eigenvalue weighted by Crippen LogP contribution is -2.51. The molecule has 0 N–H and O–H groups in total. The molecular weight excluding hydrogens is 328 g/mol. The fourth-order valence-electron chi connectivity index (χ4n) is 3.23. The quantitative estimate of drug-likeness (QED) is 0.847. The molecule has 26 heavy (non-hydrogen) atoms. The van der Waals surface area contributed by atoms with Gasteiger partial charge in [-0.15, -0.1) is 0 Å². The largest absolute Gasteiger partial charge is 0.459 e. The summed E-state index contributed by atoms with van der Waals surface area (Å²) in [4.78, 5) is 28.6. The normalized spacial score (nSPS) is 14.8. The van der Waals surface area contributed by atoms with Crippen LogP contribution in [0.15, 0.2) is 41.0 Å². The van der Waals surface area contributed by atoms with Crippen molar-refractivity contribution in [2.45, 2.75) is 33.1 Å². The first kappa shape index (κ1) is 18.2. The standard InChI is InChI=1S/C21H26N2O3/c1-15(2)17-7-6-16(3)18(13-17)14-20(24)22-8-10-23(11-9-22)21(25)19-5-4-12-26-19/h4-7,12-13,15H,8-11,14H2,1-3H3. The van der Waals surface area contributed by atoms with Crippen molar-refractivity contribution >= 4 is 11.8 Å². The SMILES string of the molecule is Cc1ccc(C(C)C)cc1CC(=O)N1CCN(C(=O)c2ccco2)CC1. The summed E-state index contributed by atoms with van der Waals surface area (Å²) in [5.74, 6) is 0.813. The Morgan fingerprint density at radius 2 is 1.77 bits per heavy atom. The molecule has 1 aliphatic rings. The first-order valence-electron chi connectivity index (χ1n) is 9.15. The van der Waals surface area contributed by atoms with E-state index >= 15 is 0 Å². The van der Waals surface area contributed by atoms with Gasteiger partial charge in [0.15, 0.2) is 5.76 Å². The van der Waals surface area contributed by atoms with Crippen molar-refractivity contribution in [1.82, 2.24) is 9.80 Å². The maximum absolute atomic E-state index is 12.7. The predicted molar refractivity (Wildman–Crippen MR) is 100 cm³/mol. The van der Waals surface area contributed by atoms with Crippen molar-refractivity contribution in [2.75, 3.05) is 26.2 Å². The Hall–Kier alpha value is -2.56. The van der Waals surface area contributed by atoms with Crippen molar-refractivity contribution in [1.29, 1.82) is 0 Å². The van der Waals surface area contributed by atoms with Gasteiger partial charge in [0.2, 0.25) is 5.91 Å². The minimum atomic E-state index is -0.109. The van der Waals surface area contributed by atoms with Gasteiger partial charge >= 0.3 is 0 Å². The van der Waals surface area contributed by atoms with Crippen molar-refractivity contribution in [3.8, 4) is 0 Å². The van der Waals surface area contributed by atoms with Gasteiger partial charge in [0.05, 0.1) is 12.7 Å². The van der Waals surface area contributed by atoms with Crippen LogP contribution in [0.4, 0.5) is 0 Å². The number of hydrogen-bond acceptors (Lipinski definition) is 3. The summed E-state index contributed by atoms with van der Waals surface area (Å²) in [6.45, 7) is 8.57. The highest BCUT2D eigenvalue weighted by atomic mass is 16.3. The van der Waals surface area contributed by atoms with E-state index in [2.05, 4.69) is 32.0 Å². The lowest BCUT2D eigenvalue weighted by molar-refractivity contribution is -0.131. The van der Waals surface area contributed by atoms with Crippen LogP contribution in [0, 0.1) is 6.92 Å². The Morgan fingerprint density at radius 1 is 1.08 bits per heavy atom. The molecule has 1 fully saturated rings. The van der Waals surface area contributed by atoms with Gasteiger partial charge in [-0.1, -0.05) is 32.0 Å².